The molecule has 0 aliphatic rings. The first kappa shape index (κ1) is 12.7. The highest BCUT2D eigenvalue weighted by atomic mass is 16.3. The van der Waals surface area contributed by atoms with Crippen LogP contribution in [0.4, 0.5) is 28.4 Å². The van der Waals surface area contributed by atoms with E-state index >= 15 is 0 Å². The van der Waals surface area contributed by atoms with Gasteiger partial charge in [0.05, 0.1) is 11.4 Å². The molecule has 2 aromatic carbocycles. The van der Waals surface area contributed by atoms with Crippen LogP contribution in [0.3, 0.4) is 0 Å². The zero-order valence-corrected chi connectivity index (χ0v) is 10.4. The summed E-state index contributed by atoms with van der Waals surface area (Å²) in [5.41, 5.74) is 14.7. The van der Waals surface area contributed by atoms with Gasteiger partial charge in [0.15, 0.2) is 0 Å². The van der Waals surface area contributed by atoms with E-state index in [0.29, 0.717) is 28.4 Å². The van der Waals surface area contributed by atoms with Gasteiger partial charge in [0.25, 0.3) is 0 Å². The lowest BCUT2D eigenvalue weighted by atomic mass is 10.2. The standard InChI is InChI=1S/C13H13N5O/c1-8-6-10(3-5-12(8)18-19)16-17-13-4-2-9(14)7-11(13)15/h2-7H,14-15H2,1H3. The summed E-state index contributed by atoms with van der Waals surface area (Å²) in [4.78, 5) is 10.5. The normalized spacial score (nSPS) is 10.8. The Labute approximate surface area is 110 Å². The Bertz CT molecular complexity index is 651. The molecule has 0 aromatic heterocycles. The van der Waals surface area contributed by atoms with Crippen molar-refractivity contribution in [3.05, 3.63) is 46.9 Å². The number of rotatable bonds is 3. The van der Waals surface area contributed by atoms with E-state index in [0.717, 1.165) is 5.56 Å². The van der Waals surface area contributed by atoms with Gasteiger partial charge < -0.3 is 11.5 Å². The Balaban J connectivity index is 2.27. The van der Waals surface area contributed by atoms with Gasteiger partial charge in [0.2, 0.25) is 0 Å². The summed E-state index contributed by atoms with van der Waals surface area (Å²) in [6.45, 7) is 1.79. The third-order valence-corrected chi connectivity index (χ3v) is 2.60. The van der Waals surface area contributed by atoms with E-state index in [2.05, 4.69) is 15.4 Å². The van der Waals surface area contributed by atoms with Crippen LogP contribution >= 0.6 is 0 Å². The van der Waals surface area contributed by atoms with Gasteiger partial charge in [-0.15, -0.1) is 10.0 Å². The fourth-order valence-electron chi connectivity index (χ4n) is 1.58. The summed E-state index contributed by atoms with van der Waals surface area (Å²) in [6.07, 6.45) is 0. The highest BCUT2D eigenvalue weighted by molar-refractivity contribution is 5.67. The summed E-state index contributed by atoms with van der Waals surface area (Å²) in [7, 11) is 0. The molecular formula is C13H13N5O. The Morgan fingerprint density at radius 1 is 0.947 bits per heavy atom. The van der Waals surface area contributed by atoms with Crippen LogP contribution in [0.25, 0.3) is 0 Å². The third-order valence-electron chi connectivity index (χ3n) is 2.60. The summed E-state index contributed by atoms with van der Waals surface area (Å²) < 4.78 is 0. The lowest BCUT2D eigenvalue weighted by molar-refractivity contribution is 1.22. The molecule has 96 valence electrons. The lowest BCUT2D eigenvalue weighted by Crippen LogP contribution is -1.89. The first-order valence-electron chi connectivity index (χ1n) is 5.61. The van der Waals surface area contributed by atoms with Crippen LogP contribution in [0.15, 0.2) is 51.8 Å². The fraction of sp³-hybridized carbons (Fsp3) is 0.0769. The number of nitrogens with two attached hydrogens (primary N) is 2. The van der Waals surface area contributed by atoms with Gasteiger partial charge in [0, 0.05) is 5.69 Å². The minimum Gasteiger partial charge on any atom is -0.399 e. The zero-order chi connectivity index (χ0) is 13.8. The number of nitrogen functional groups attached to an aromatic ring is 2. The average Bonchev–Trinajstić information content (AvgIpc) is 2.38. The number of azo groups is 1. The molecule has 0 fully saturated rings. The maximum atomic E-state index is 10.5. The van der Waals surface area contributed by atoms with Crippen molar-refractivity contribution >= 4 is 28.4 Å². The largest absolute Gasteiger partial charge is 0.399 e. The zero-order valence-electron chi connectivity index (χ0n) is 10.4. The average molecular weight is 255 g/mol. The predicted molar refractivity (Wildman–Crippen MR) is 76.1 cm³/mol. The quantitative estimate of drug-likeness (QED) is 0.492. The summed E-state index contributed by atoms with van der Waals surface area (Å²) >= 11 is 0. The molecule has 0 aliphatic heterocycles. The second-order valence-corrected chi connectivity index (χ2v) is 4.08. The number of nitrogens with zero attached hydrogens (tertiary/aromatic N) is 3. The van der Waals surface area contributed by atoms with Crippen molar-refractivity contribution < 1.29 is 0 Å². The second kappa shape index (κ2) is 5.26. The number of nitroso groups, excluding NO2 is 1. The Hall–Kier alpha value is -2.76. The Morgan fingerprint density at radius 2 is 1.68 bits per heavy atom. The van der Waals surface area contributed by atoms with Crippen molar-refractivity contribution in [2.45, 2.75) is 6.92 Å². The topological polar surface area (TPSA) is 106 Å². The Morgan fingerprint density at radius 3 is 2.32 bits per heavy atom. The number of benzene rings is 2. The van der Waals surface area contributed by atoms with E-state index in [9.17, 15) is 4.91 Å². The minimum absolute atomic E-state index is 0.394. The van der Waals surface area contributed by atoms with Crippen molar-refractivity contribution in [3.63, 3.8) is 0 Å². The molecule has 4 N–H and O–H groups in total. The number of anilines is 2. The van der Waals surface area contributed by atoms with E-state index in [1.54, 1.807) is 43.3 Å². The molecule has 0 radical (unpaired) electrons. The summed E-state index contributed by atoms with van der Waals surface area (Å²) in [5.74, 6) is 0. The smallest absolute Gasteiger partial charge is 0.111 e. The van der Waals surface area contributed by atoms with E-state index in [-0.39, 0.29) is 0 Å². The lowest BCUT2D eigenvalue weighted by Gasteiger charge is -2.01. The molecule has 0 unspecified atom stereocenters. The molecule has 0 atom stereocenters. The molecule has 0 spiro atoms. The van der Waals surface area contributed by atoms with E-state index in [4.69, 9.17) is 11.5 Å². The first-order chi connectivity index (χ1) is 9.10. The van der Waals surface area contributed by atoms with Gasteiger partial charge in [-0.25, -0.2) is 0 Å². The molecule has 2 rings (SSSR count). The van der Waals surface area contributed by atoms with Crippen LogP contribution < -0.4 is 11.5 Å². The maximum absolute atomic E-state index is 10.5. The molecule has 6 nitrogen and oxygen atoms in total. The van der Waals surface area contributed by atoms with Gasteiger partial charge in [0.1, 0.15) is 11.4 Å². The number of hydrogen-bond acceptors (Lipinski definition) is 6. The van der Waals surface area contributed by atoms with Crippen molar-refractivity contribution in [1.29, 1.82) is 0 Å². The molecular weight excluding hydrogens is 242 g/mol. The molecule has 0 saturated carbocycles. The SMILES string of the molecule is Cc1cc(N=Nc2ccc(N)cc2N)ccc1N=O. The summed E-state index contributed by atoms with van der Waals surface area (Å²) in [6, 6.07) is 10.0. The number of hydrogen-bond donors (Lipinski definition) is 2. The van der Waals surface area contributed by atoms with Crippen LogP contribution in [0.2, 0.25) is 0 Å². The molecule has 0 heterocycles. The molecule has 0 saturated heterocycles. The molecule has 0 aliphatic carbocycles. The molecule has 19 heavy (non-hydrogen) atoms. The van der Waals surface area contributed by atoms with Crippen LogP contribution in [0.5, 0.6) is 0 Å². The van der Waals surface area contributed by atoms with E-state index in [1.165, 1.54) is 0 Å². The van der Waals surface area contributed by atoms with E-state index < -0.39 is 0 Å². The highest BCUT2D eigenvalue weighted by Gasteiger charge is 2.00. The van der Waals surface area contributed by atoms with Crippen molar-refractivity contribution in [2.75, 3.05) is 11.5 Å². The minimum atomic E-state index is 0.394. The van der Waals surface area contributed by atoms with E-state index in [1.807, 2.05) is 0 Å². The van der Waals surface area contributed by atoms with Crippen molar-refractivity contribution in [1.82, 2.24) is 0 Å². The van der Waals surface area contributed by atoms with Gasteiger partial charge >= 0.3 is 0 Å². The van der Waals surface area contributed by atoms with Gasteiger partial charge in [-0.2, -0.15) is 5.11 Å². The monoisotopic (exact) mass is 255 g/mol. The van der Waals surface area contributed by atoms with Gasteiger partial charge in [-0.05, 0) is 54.1 Å². The molecule has 0 bridgehead atoms. The van der Waals surface area contributed by atoms with Gasteiger partial charge in [-0.3, -0.25) is 0 Å². The first-order valence-corrected chi connectivity index (χ1v) is 5.61. The molecule has 2 aromatic rings. The third kappa shape index (κ3) is 2.92. The molecule has 0 amide bonds. The second-order valence-electron chi connectivity index (χ2n) is 4.08. The highest BCUT2D eigenvalue weighted by Crippen LogP contribution is 2.28. The van der Waals surface area contributed by atoms with Crippen molar-refractivity contribution in [3.8, 4) is 0 Å². The predicted octanol–water partition coefficient (Wildman–Crippen LogP) is 3.97. The maximum Gasteiger partial charge on any atom is 0.111 e. The Kier molecular flexibility index (Phi) is 3.51. The number of aryl methyl sites for hydroxylation is 1. The van der Waals surface area contributed by atoms with Crippen LogP contribution in [-0.4, -0.2) is 0 Å². The van der Waals surface area contributed by atoms with Crippen LogP contribution in [0, 0.1) is 11.8 Å². The summed E-state index contributed by atoms with van der Waals surface area (Å²) in [5, 5.41) is 11.0. The molecule has 6 heteroatoms. The van der Waals surface area contributed by atoms with Crippen LogP contribution in [0.1, 0.15) is 5.56 Å². The fourth-order valence-corrected chi connectivity index (χ4v) is 1.58. The van der Waals surface area contributed by atoms with Crippen LogP contribution in [-0.2, 0) is 0 Å². The van der Waals surface area contributed by atoms with Gasteiger partial charge in [-0.1, -0.05) is 0 Å². The van der Waals surface area contributed by atoms with Crippen molar-refractivity contribution in [2.24, 2.45) is 15.4 Å².